The Bertz CT molecular complexity index is 1200. The normalized spacial score (nSPS) is 15.7. The van der Waals surface area contributed by atoms with Crippen molar-refractivity contribution in [1.82, 2.24) is 4.98 Å². The van der Waals surface area contributed by atoms with Crippen LogP contribution in [0.3, 0.4) is 0 Å². The molecular weight excluding hydrogens is 397 g/mol. The Kier molecular flexibility index (Phi) is 4.77. The van der Waals surface area contributed by atoms with Crippen molar-refractivity contribution in [2.45, 2.75) is 23.7 Å². The number of nitro benzene ring substituents is 1. The molecule has 7 nitrogen and oxygen atoms in total. The van der Waals surface area contributed by atoms with Gasteiger partial charge in [0.05, 0.1) is 15.5 Å². The SMILES string of the molecule is CS(=O)(=O)c1cc([N+](=O)[O-])ccc1N1CCC(c2c[nH]c3cc(F)ccc23)CC1. The van der Waals surface area contributed by atoms with Gasteiger partial charge >= 0.3 is 0 Å². The number of non-ortho nitro benzene ring substituents is 1. The van der Waals surface area contributed by atoms with Crippen LogP contribution < -0.4 is 4.90 Å². The maximum Gasteiger partial charge on any atom is 0.270 e. The number of nitro groups is 1. The fourth-order valence-electron chi connectivity index (χ4n) is 4.06. The number of rotatable bonds is 4. The maximum atomic E-state index is 13.4. The van der Waals surface area contributed by atoms with Crippen LogP contribution in [0.5, 0.6) is 0 Å². The van der Waals surface area contributed by atoms with Crippen LogP contribution in [-0.2, 0) is 9.84 Å². The molecule has 0 unspecified atom stereocenters. The summed E-state index contributed by atoms with van der Waals surface area (Å²) in [4.78, 5) is 15.5. The number of nitrogens with zero attached hydrogens (tertiary/aromatic N) is 2. The van der Waals surface area contributed by atoms with E-state index in [1.165, 1.54) is 24.3 Å². The topological polar surface area (TPSA) is 96.3 Å². The molecule has 1 N–H and O–H groups in total. The van der Waals surface area contributed by atoms with Gasteiger partial charge in [0, 0.05) is 48.6 Å². The van der Waals surface area contributed by atoms with Gasteiger partial charge in [0.15, 0.2) is 9.84 Å². The van der Waals surface area contributed by atoms with Gasteiger partial charge in [-0.05, 0) is 48.6 Å². The third kappa shape index (κ3) is 3.69. The summed E-state index contributed by atoms with van der Waals surface area (Å²) in [6.07, 6.45) is 4.57. The maximum absolute atomic E-state index is 13.4. The summed E-state index contributed by atoms with van der Waals surface area (Å²) in [6.45, 7) is 1.25. The zero-order valence-electron chi connectivity index (χ0n) is 15.8. The van der Waals surface area contributed by atoms with Gasteiger partial charge in [0.25, 0.3) is 5.69 Å². The summed E-state index contributed by atoms with van der Waals surface area (Å²) in [5.74, 6) is -0.0163. The Morgan fingerprint density at radius 3 is 2.55 bits per heavy atom. The van der Waals surface area contributed by atoms with Crippen LogP contribution in [0.25, 0.3) is 10.9 Å². The zero-order chi connectivity index (χ0) is 20.8. The highest BCUT2D eigenvalue weighted by atomic mass is 32.2. The largest absolute Gasteiger partial charge is 0.370 e. The molecule has 152 valence electrons. The highest BCUT2D eigenvalue weighted by Gasteiger charge is 2.27. The van der Waals surface area contributed by atoms with Crippen LogP contribution in [0, 0.1) is 15.9 Å². The highest BCUT2D eigenvalue weighted by molar-refractivity contribution is 7.90. The summed E-state index contributed by atoms with van der Waals surface area (Å²) in [5.41, 5.74) is 2.15. The van der Waals surface area contributed by atoms with Crippen LogP contribution >= 0.6 is 0 Å². The van der Waals surface area contributed by atoms with Gasteiger partial charge in [-0.25, -0.2) is 12.8 Å². The first-order valence-corrected chi connectivity index (χ1v) is 11.1. The van der Waals surface area contributed by atoms with Crippen LogP contribution in [0.15, 0.2) is 47.5 Å². The minimum atomic E-state index is -3.62. The number of halogens is 1. The third-order valence-electron chi connectivity index (χ3n) is 5.50. The first-order chi connectivity index (χ1) is 13.7. The Labute approximate surface area is 167 Å². The third-order valence-corrected chi connectivity index (χ3v) is 6.63. The Hall–Kier alpha value is -2.94. The van der Waals surface area contributed by atoms with Crippen molar-refractivity contribution in [1.29, 1.82) is 0 Å². The number of benzene rings is 2. The van der Waals surface area contributed by atoms with Crippen molar-refractivity contribution in [3.05, 3.63) is 64.1 Å². The van der Waals surface area contributed by atoms with Crippen molar-refractivity contribution in [3.8, 4) is 0 Å². The molecule has 2 aromatic carbocycles. The number of sulfone groups is 1. The predicted octanol–water partition coefficient (Wildman–Crippen LogP) is 4.00. The van der Waals surface area contributed by atoms with Crippen LogP contribution in [-0.4, -0.2) is 37.7 Å². The molecule has 0 spiro atoms. The van der Waals surface area contributed by atoms with Gasteiger partial charge in [-0.1, -0.05) is 0 Å². The lowest BCUT2D eigenvalue weighted by molar-refractivity contribution is -0.385. The minimum Gasteiger partial charge on any atom is -0.370 e. The number of H-pyrrole nitrogens is 1. The number of piperidine rings is 1. The predicted molar refractivity (Wildman–Crippen MR) is 109 cm³/mol. The number of hydrogen-bond donors (Lipinski definition) is 1. The minimum absolute atomic E-state index is 0.0206. The molecule has 0 aliphatic carbocycles. The molecule has 0 bridgehead atoms. The summed E-state index contributed by atoms with van der Waals surface area (Å²) < 4.78 is 37.8. The van der Waals surface area contributed by atoms with E-state index >= 15 is 0 Å². The molecular formula is C20H20FN3O4S. The lowest BCUT2D eigenvalue weighted by Gasteiger charge is -2.34. The smallest absolute Gasteiger partial charge is 0.270 e. The van der Waals surface area contributed by atoms with Crippen molar-refractivity contribution in [2.24, 2.45) is 0 Å². The van der Waals surface area contributed by atoms with Gasteiger partial charge < -0.3 is 9.88 Å². The van der Waals surface area contributed by atoms with E-state index in [9.17, 15) is 22.9 Å². The molecule has 0 atom stereocenters. The molecule has 29 heavy (non-hydrogen) atoms. The molecule has 0 saturated carbocycles. The van der Waals surface area contributed by atoms with E-state index in [0.717, 1.165) is 41.6 Å². The molecule has 0 radical (unpaired) electrons. The van der Waals surface area contributed by atoms with Gasteiger partial charge in [0.2, 0.25) is 0 Å². The van der Waals surface area contributed by atoms with E-state index in [0.29, 0.717) is 18.8 Å². The standard InChI is InChI=1S/C20H20FN3O4S/c1-29(27,28)20-11-15(24(25)26)3-5-19(20)23-8-6-13(7-9-23)17-12-22-18-10-14(21)2-4-16(17)18/h2-5,10-13,22H,6-9H2,1H3. The molecule has 2 heterocycles. The first kappa shape index (κ1) is 19.4. The number of fused-ring (bicyclic) bond motifs is 1. The van der Waals surface area contributed by atoms with Crippen LogP contribution in [0.2, 0.25) is 0 Å². The summed E-state index contributed by atoms with van der Waals surface area (Å²) in [5, 5.41) is 12.0. The highest BCUT2D eigenvalue weighted by Crippen LogP contribution is 2.37. The van der Waals surface area contributed by atoms with E-state index in [1.54, 1.807) is 6.07 Å². The van der Waals surface area contributed by atoms with Crippen LogP contribution in [0.1, 0.15) is 24.3 Å². The van der Waals surface area contributed by atoms with Gasteiger partial charge in [-0.2, -0.15) is 0 Å². The lowest BCUT2D eigenvalue weighted by Crippen LogP contribution is -2.33. The molecule has 9 heteroatoms. The van der Waals surface area contributed by atoms with Crippen molar-refractivity contribution >= 4 is 32.1 Å². The first-order valence-electron chi connectivity index (χ1n) is 9.24. The van der Waals surface area contributed by atoms with Crippen molar-refractivity contribution < 1.29 is 17.7 Å². The molecule has 0 amide bonds. The Morgan fingerprint density at radius 2 is 1.90 bits per heavy atom. The number of nitrogens with one attached hydrogen (secondary N) is 1. The van der Waals surface area contributed by atoms with E-state index in [4.69, 9.17) is 0 Å². The number of aromatic amines is 1. The van der Waals surface area contributed by atoms with Crippen LogP contribution in [0.4, 0.5) is 15.8 Å². The van der Waals surface area contributed by atoms with Crippen molar-refractivity contribution in [2.75, 3.05) is 24.2 Å². The second kappa shape index (κ2) is 7.14. The van der Waals surface area contributed by atoms with E-state index < -0.39 is 14.8 Å². The monoisotopic (exact) mass is 417 g/mol. The second-order valence-electron chi connectivity index (χ2n) is 7.38. The van der Waals surface area contributed by atoms with E-state index in [-0.39, 0.29) is 22.3 Å². The Balaban J connectivity index is 1.59. The summed E-state index contributed by atoms with van der Waals surface area (Å²) in [6, 6.07) is 8.69. The van der Waals surface area contributed by atoms with E-state index in [2.05, 4.69) is 4.98 Å². The quantitative estimate of drug-likeness (QED) is 0.511. The average Bonchev–Trinajstić information content (AvgIpc) is 3.10. The molecule has 3 aromatic rings. The molecule has 1 saturated heterocycles. The van der Waals surface area contributed by atoms with Gasteiger partial charge in [-0.15, -0.1) is 0 Å². The summed E-state index contributed by atoms with van der Waals surface area (Å²) in [7, 11) is -3.62. The Morgan fingerprint density at radius 1 is 1.17 bits per heavy atom. The zero-order valence-corrected chi connectivity index (χ0v) is 16.6. The number of anilines is 1. The molecule has 1 aliphatic heterocycles. The molecule has 1 fully saturated rings. The molecule has 4 rings (SSSR count). The lowest BCUT2D eigenvalue weighted by atomic mass is 9.89. The summed E-state index contributed by atoms with van der Waals surface area (Å²) >= 11 is 0. The number of aromatic nitrogens is 1. The van der Waals surface area contributed by atoms with Gasteiger partial charge in [-0.3, -0.25) is 10.1 Å². The fraction of sp³-hybridized carbons (Fsp3) is 0.300. The molecule has 1 aromatic heterocycles. The fourth-order valence-corrected chi connectivity index (χ4v) is 4.98. The van der Waals surface area contributed by atoms with E-state index in [1.807, 2.05) is 11.1 Å². The molecule has 1 aliphatic rings. The average molecular weight is 417 g/mol. The second-order valence-corrected chi connectivity index (χ2v) is 9.36. The number of hydrogen-bond acceptors (Lipinski definition) is 5. The van der Waals surface area contributed by atoms with Gasteiger partial charge in [0.1, 0.15) is 5.82 Å². The van der Waals surface area contributed by atoms with Crippen molar-refractivity contribution in [3.63, 3.8) is 0 Å².